The number of ketones is 1. The van der Waals surface area contributed by atoms with Crippen LogP contribution in [0.5, 0.6) is 0 Å². The first kappa shape index (κ1) is 15.2. The van der Waals surface area contributed by atoms with Gasteiger partial charge in [-0.25, -0.2) is 4.39 Å². The molecule has 2 aromatic carbocycles. The predicted octanol–water partition coefficient (Wildman–Crippen LogP) is 4.31. The van der Waals surface area contributed by atoms with Crippen LogP contribution in [0.2, 0.25) is 5.02 Å². The van der Waals surface area contributed by atoms with E-state index in [1.807, 2.05) is 24.3 Å². The molecule has 0 amide bonds. The van der Waals surface area contributed by atoms with Crippen LogP contribution in [0.15, 0.2) is 42.5 Å². The third-order valence-corrected chi connectivity index (χ3v) is 4.29. The summed E-state index contributed by atoms with van der Waals surface area (Å²) in [7, 11) is 0. The Hall–Kier alpha value is -1.71. The summed E-state index contributed by atoms with van der Waals surface area (Å²) in [5, 5.41) is -0.0310. The van der Waals surface area contributed by atoms with E-state index in [0.717, 1.165) is 19.6 Å². The molecular weight excluding hydrogens is 301 g/mol. The molecule has 2 aromatic rings. The number of likely N-dealkylation sites (tertiary alicyclic amines) is 1. The number of nitrogens with zero attached hydrogens (tertiary/aromatic N) is 1. The lowest BCUT2D eigenvalue weighted by molar-refractivity contribution is 0.103. The molecule has 3 rings (SSSR count). The summed E-state index contributed by atoms with van der Waals surface area (Å²) in [4.78, 5) is 14.8. The van der Waals surface area contributed by atoms with Crippen molar-refractivity contribution in [1.82, 2.24) is 4.90 Å². The maximum Gasteiger partial charge on any atom is 0.193 e. The quantitative estimate of drug-likeness (QED) is 0.783. The zero-order valence-corrected chi connectivity index (χ0v) is 12.9. The molecule has 1 heterocycles. The highest BCUT2D eigenvalue weighted by atomic mass is 35.5. The summed E-state index contributed by atoms with van der Waals surface area (Å²) >= 11 is 5.73. The standard InChI is InChI=1S/C18H17ClFNO/c19-16-11-15(7-8-17(16)20)18(22)14-5-3-13(4-6-14)12-21-9-1-2-10-21/h3-8,11H,1-2,9-10,12H2. The molecule has 0 radical (unpaired) electrons. The second kappa shape index (κ2) is 6.59. The molecule has 1 fully saturated rings. The Morgan fingerprint density at radius 2 is 1.68 bits per heavy atom. The molecule has 1 aliphatic heterocycles. The fourth-order valence-electron chi connectivity index (χ4n) is 2.76. The average molecular weight is 318 g/mol. The minimum absolute atomic E-state index is 0.0310. The van der Waals surface area contributed by atoms with Crippen LogP contribution in [0.25, 0.3) is 0 Å². The largest absolute Gasteiger partial charge is 0.299 e. The van der Waals surface area contributed by atoms with E-state index >= 15 is 0 Å². The first-order valence-electron chi connectivity index (χ1n) is 7.44. The first-order chi connectivity index (χ1) is 10.6. The topological polar surface area (TPSA) is 20.3 Å². The Morgan fingerprint density at radius 1 is 1.05 bits per heavy atom. The van der Waals surface area contributed by atoms with Gasteiger partial charge in [0, 0.05) is 17.7 Å². The van der Waals surface area contributed by atoms with Crippen molar-refractivity contribution in [3.05, 3.63) is 70.0 Å². The molecule has 0 bridgehead atoms. The van der Waals surface area contributed by atoms with Crippen LogP contribution in [-0.2, 0) is 6.54 Å². The molecule has 1 saturated heterocycles. The molecule has 0 saturated carbocycles. The van der Waals surface area contributed by atoms with Gasteiger partial charge in [-0.1, -0.05) is 35.9 Å². The van der Waals surface area contributed by atoms with E-state index in [0.29, 0.717) is 11.1 Å². The predicted molar refractivity (Wildman–Crippen MR) is 85.8 cm³/mol. The van der Waals surface area contributed by atoms with Crippen LogP contribution in [0.1, 0.15) is 34.3 Å². The third-order valence-electron chi connectivity index (χ3n) is 4.00. The smallest absolute Gasteiger partial charge is 0.193 e. The van der Waals surface area contributed by atoms with Gasteiger partial charge in [0.1, 0.15) is 5.82 Å². The van der Waals surface area contributed by atoms with Crippen molar-refractivity contribution in [2.45, 2.75) is 19.4 Å². The van der Waals surface area contributed by atoms with Gasteiger partial charge in [0.25, 0.3) is 0 Å². The van der Waals surface area contributed by atoms with Gasteiger partial charge in [0.2, 0.25) is 0 Å². The molecule has 1 aliphatic rings. The van der Waals surface area contributed by atoms with Crippen molar-refractivity contribution in [3.63, 3.8) is 0 Å². The van der Waals surface area contributed by atoms with Crippen molar-refractivity contribution in [1.29, 1.82) is 0 Å². The van der Waals surface area contributed by atoms with Gasteiger partial charge >= 0.3 is 0 Å². The van der Waals surface area contributed by atoms with E-state index < -0.39 is 5.82 Å². The van der Waals surface area contributed by atoms with Crippen molar-refractivity contribution < 1.29 is 9.18 Å². The van der Waals surface area contributed by atoms with Gasteiger partial charge in [-0.2, -0.15) is 0 Å². The Kier molecular flexibility index (Phi) is 4.55. The molecule has 0 unspecified atom stereocenters. The number of hydrogen-bond donors (Lipinski definition) is 0. The minimum atomic E-state index is -0.515. The average Bonchev–Trinajstić information content (AvgIpc) is 3.03. The monoisotopic (exact) mass is 317 g/mol. The molecule has 22 heavy (non-hydrogen) atoms. The van der Waals surface area contributed by atoms with E-state index in [2.05, 4.69) is 4.90 Å². The van der Waals surface area contributed by atoms with Crippen LogP contribution >= 0.6 is 11.6 Å². The van der Waals surface area contributed by atoms with Gasteiger partial charge < -0.3 is 0 Å². The Bertz CT molecular complexity index is 678. The number of halogens is 2. The zero-order chi connectivity index (χ0) is 15.5. The summed E-state index contributed by atoms with van der Waals surface area (Å²) in [6.07, 6.45) is 2.53. The summed E-state index contributed by atoms with van der Waals surface area (Å²) in [6.45, 7) is 3.22. The van der Waals surface area contributed by atoms with Crippen LogP contribution in [0.3, 0.4) is 0 Å². The van der Waals surface area contributed by atoms with Crippen LogP contribution in [-0.4, -0.2) is 23.8 Å². The zero-order valence-electron chi connectivity index (χ0n) is 12.2. The van der Waals surface area contributed by atoms with E-state index in [9.17, 15) is 9.18 Å². The lowest BCUT2D eigenvalue weighted by atomic mass is 10.0. The van der Waals surface area contributed by atoms with E-state index in [1.165, 1.54) is 36.6 Å². The highest BCUT2D eigenvalue weighted by Gasteiger charge is 2.13. The lowest BCUT2D eigenvalue weighted by Gasteiger charge is -2.14. The molecule has 2 nitrogen and oxygen atoms in total. The maximum absolute atomic E-state index is 13.2. The summed E-state index contributed by atoms with van der Waals surface area (Å²) < 4.78 is 13.2. The minimum Gasteiger partial charge on any atom is -0.299 e. The number of rotatable bonds is 4. The van der Waals surface area contributed by atoms with E-state index in [4.69, 9.17) is 11.6 Å². The second-order valence-electron chi connectivity index (χ2n) is 5.64. The highest BCUT2D eigenvalue weighted by molar-refractivity contribution is 6.31. The van der Waals surface area contributed by atoms with Gasteiger partial charge in [0.05, 0.1) is 5.02 Å². The maximum atomic E-state index is 13.2. The van der Waals surface area contributed by atoms with Gasteiger partial charge in [-0.05, 0) is 49.7 Å². The van der Waals surface area contributed by atoms with Gasteiger partial charge in [0.15, 0.2) is 5.78 Å². The summed E-state index contributed by atoms with van der Waals surface area (Å²) in [5.74, 6) is -0.659. The first-order valence-corrected chi connectivity index (χ1v) is 7.82. The Balaban J connectivity index is 1.73. The molecule has 0 atom stereocenters. The van der Waals surface area contributed by atoms with E-state index in [1.54, 1.807) is 0 Å². The number of benzene rings is 2. The number of carbonyl (C=O) groups excluding carboxylic acids is 1. The summed E-state index contributed by atoms with van der Waals surface area (Å²) in [6, 6.07) is 11.7. The summed E-state index contributed by atoms with van der Waals surface area (Å²) in [5.41, 5.74) is 2.20. The highest BCUT2D eigenvalue weighted by Crippen LogP contribution is 2.19. The van der Waals surface area contributed by atoms with Gasteiger partial charge in [-0.15, -0.1) is 0 Å². The molecule has 114 valence electrons. The van der Waals surface area contributed by atoms with Crippen molar-refractivity contribution in [2.75, 3.05) is 13.1 Å². The molecule has 0 spiro atoms. The van der Waals surface area contributed by atoms with Gasteiger partial charge in [-0.3, -0.25) is 9.69 Å². The van der Waals surface area contributed by atoms with Crippen LogP contribution in [0.4, 0.5) is 4.39 Å². The van der Waals surface area contributed by atoms with Crippen LogP contribution in [0, 0.1) is 5.82 Å². The van der Waals surface area contributed by atoms with Crippen molar-refractivity contribution in [2.24, 2.45) is 0 Å². The lowest BCUT2D eigenvalue weighted by Crippen LogP contribution is -2.18. The molecule has 0 aromatic heterocycles. The Morgan fingerprint density at radius 3 is 2.32 bits per heavy atom. The molecule has 4 heteroatoms. The normalized spacial score (nSPS) is 15.2. The van der Waals surface area contributed by atoms with E-state index in [-0.39, 0.29) is 10.8 Å². The fraction of sp³-hybridized carbons (Fsp3) is 0.278. The van der Waals surface area contributed by atoms with Crippen molar-refractivity contribution >= 4 is 17.4 Å². The molecule has 0 aliphatic carbocycles. The number of hydrogen-bond acceptors (Lipinski definition) is 2. The SMILES string of the molecule is O=C(c1ccc(CN2CCCC2)cc1)c1ccc(F)c(Cl)c1. The number of carbonyl (C=O) groups is 1. The second-order valence-corrected chi connectivity index (χ2v) is 6.05. The third kappa shape index (κ3) is 3.37. The molecular formula is C18H17ClFNO. The van der Waals surface area contributed by atoms with Crippen LogP contribution < -0.4 is 0 Å². The van der Waals surface area contributed by atoms with Crippen molar-refractivity contribution in [3.8, 4) is 0 Å². The Labute approximate surface area is 134 Å². The molecule has 0 N–H and O–H groups in total. The fourth-order valence-corrected chi connectivity index (χ4v) is 2.95.